The van der Waals surface area contributed by atoms with Gasteiger partial charge in [-0.3, -0.25) is 4.79 Å². The Morgan fingerprint density at radius 2 is 1.70 bits per heavy atom. The van der Waals surface area contributed by atoms with Crippen LogP contribution in [0.4, 0.5) is 18.9 Å². The molecule has 2 aliphatic rings. The number of amides is 1. The van der Waals surface area contributed by atoms with Gasteiger partial charge in [0.05, 0.1) is 5.56 Å². The molecule has 0 spiro atoms. The maximum Gasteiger partial charge on any atom is 0.416 e. The minimum Gasteiger partial charge on any atom is -0.372 e. The second-order valence-corrected chi connectivity index (χ2v) is 8.44. The van der Waals surface area contributed by atoms with Crippen molar-refractivity contribution in [2.45, 2.75) is 44.3 Å². The average molecular weight is 416 g/mol. The van der Waals surface area contributed by atoms with Gasteiger partial charge in [0, 0.05) is 38.3 Å². The third kappa shape index (κ3) is 4.47. The Kier molecular flexibility index (Phi) is 5.76. The smallest absolute Gasteiger partial charge is 0.372 e. The van der Waals surface area contributed by atoms with Gasteiger partial charge in [-0.1, -0.05) is 30.3 Å². The van der Waals surface area contributed by atoms with Crippen molar-refractivity contribution in [3.05, 3.63) is 65.2 Å². The molecule has 0 aromatic heterocycles. The highest BCUT2D eigenvalue weighted by atomic mass is 19.4. The van der Waals surface area contributed by atoms with Crippen LogP contribution in [0.2, 0.25) is 0 Å². The summed E-state index contributed by atoms with van der Waals surface area (Å²) in [4.78, 5) is 16.8. The van der Waals surface area contributed by atoms with Gasteiger partial charge in [0.2, 0.25) is 5.91 Å². The van der Waals surface area contributed by atoms with Crippen molar-refractivity contribution in [3.8, 4) is 0 Å². The molecule has 1 heterocycles. The van der Waals surface area contributed by atoms with E-state index in [2.05, 4.69) is 17.0 Å². The molecule has 1 saturated heterocycles. The normalized spacial score (nSPS) is 21.4. The predicted molar refractivity (Wildman–Crippen MR) is 111 cm³/mol. The number of alkyl halides is 3. The molecule has 2 aromatic rings. The number of carbonyl (C=O) groups excluding carboxylic acids is 1. The molecule has 1 saturated carbocycles. The third-order valence-corrected chi connectivity index (χ3v) is 6.23. The Bertz CT molecular complexity index is 888. The fraction of sp³-hybridized carbons (Fsp3) is 0.458. The molecule has 2 aromatic carbocycles. The van der Waals surface area contributed by atoms with Crippen molar-refractivity contribution in [2.75, 3.05) is 25.0 Å². The largest absolute Gasteiger partial charge is 0.416 e. The second kappa shape index (κ2) is 8.32. The first-order valence-electron chi connectivity index (χ1n) is 10.6. The summed E-state index contributed by atoms with van der Waals surface area (Å²) < 4.78 is 39.8. The fourth-order valence-corrected chi connectivity index (χ4v) is 4.49. The van der Waals surface area contributed by atoms with E-state index in [-0.39, 0.29) is 23.3 Å². The van der Waals surface area contributed by atoms with E-state index in [1.165, 1.54) is 37.1 Å². The van der Waals surface area contributed by atoms with Crippen molar-refractivity contribution in [1.82, 2.24) is 4.90 Å². The van der Waals surface area contributed by atoms with Crippen LogP contribution in [-0.2, 0) is 17.5 Å². The number of rotatable bonds is 5. The van der Waals surface area contributed by atoms with Gasteiger partial charge in [0.1, 0.15) is 0 Å². The number of hydrogen-bond donors (Lipinski definition) is 0. The van der Waals surface area contributed by atoms with Crippen LogP contribution in [0.3, 0.4) is 0 Å². The SMILES string of the molecule is CN(Cc1ccc(N2CCCCC2)cc1)C(=O)C1CC1c1ccccc1C(F)(F)F. The zero-order valence-corrected chi connectivity index (χ0v) is 17.2. The highest BCUT2D eigenvalue weighted by molar-refractivity contribution is 5.83. The van der Waals surface area contributed by atoms with Gasteiger partial charge in [-0.05, 0) is 60.9 Å². The van der Waals surface area contributed by atoms with Gasteiger partial charge in [-0.25, -0.2) is 0 Å². The summed E-state index contributed by atoms with van der Waals surface area (Å²) in [5.41, 5.74) is 1.85. The summed E-state index contributed by atoms with van der Waals surface area (Å²) in [6, 6.07) is 13.9. The molecule has 6 heteroatoms. The van der Waals surface area contributed by atoms with Gasteiger partial charge >= 0.3 is 6.18 Å². The molecule has 2 atom stereocenters. The Morgan fingerprint density at radius 3 is 2.37 bits per heavy atom. The third-order valence-electron chi connectivity index (χ3n) is 6.23. The number of anilines is 1. The summed E-state index contributed by atoms with van der Waals surface area (Å²) in [5, 5.41) is 0. The molecular weight excluding hydrogens is 389 g/mol. The standard InChI is InChI=1S/C24H27F3N2O/c1-28(16-17-9-11-18(12-10-17)29-13-5-2-6-14-29)23(30)21-15-20(21)19-7-3-4-8-22(19)24(25,26)27/h3-4,7-12,20-21H,2,5-6,13-16H2,1H3. The highest BCUT2D eigenvalue weighted by Gasteiger charge is 2.48. The molecule has 1 amide bonds. The molecule has 30 heavy (non-hydrogen) atoms. The van der Waals surface area contributed by atoms with Crippen LogP contribution in [-0.4, -0.2) is 30.9 Å². The van der Waals surface area contributed by atoms with Crippen molar-refractivity contribution >= 4 is 11.6 Å². The Labute approximate surface area is 175 Å². The van der Waals surface area contributed by atoms with Gasteiger partial charge in [-0.2, -0.15) is 13.2 Å². The van der Waals surface area contributed by atoms with Crippen molar-refractivity contribution in [3.63, 3.8) is 0 Å². The summed E-state index contributed by atoms with van der Waals surface area (Å²) in [7, 11) is 1.73. The average Bonchev–Trinajstić information content (AvgIpc) is 3.54. The second-order valence-electron chi connectivity index (χ2n) is 8.44. The maximum absolute atomic E-state index is 13.3. The molecule has 0 N–H and O–H groups in total. The predicted octanol–water partition coefficient (Wildman–Crippen LogP) is 5.46. The van der Waals surface area contributed by atoms with E-state index >= 15 is 0 Å². The Morgan fingerprint density at radius 1 is 1.03 bits per heavy atom. The molecule has 0 bridgehead atoms. The number of hydrogen-bond acceptors (Lipinski definition) is 2. The van der Waals surface area contributed by atoms with Crippen LogP contribution in [0.1, 0.15) is 48.3 Å². The van der Waals surface area contributed by atoms with E-state index in [4.69, 9.17) is 0 Å². The molecule has 160 valence electrons. The quantitative estimate of drug-likeness (QED) is 0.646. The minimum atomic E-state index is -4.39. The van der Waals surface area contributed by atoms with Gasteiger partial charge < -0.3 is 9.80 Å². The van der Waals surface area contributed by atoms with Crippen LogP contribution >= 0.6 is 0 Å². The van der Waals surface area contributed by atoms with E-state index < -0.39 is 11.7 Å². The molecule has 2 unspecified atom stereocenters. The van der Waals surface area contributed by atoms with E-state index in [0.29, 0.717) is 13.0 Å². The monoisotopic (exact) mass is 416 g/mol. The van der Waals surface area contributed by atoms with E-state index in [1.54, 1.807) is 18.0 Å². The van der Waals surface area contributed by atoms with E-state index in [9.17, 15) is 18.0 Å². The molecular formula is C24H27F3N2O. The first-order chi connectivity index (χ1) is 14.3. The number of halogens is 3. The topological polar surface area (TPSA) is 23.6 Å². The number of nitrogens with zero attached hydrogens (tertiary/aromatic N) is 2. The van der Waals surface area contributed by atoms with Gasteiger partial charge in [0.25, 0.3) is 0 Å². The summed E-state index contributed by atoms with van der Waals surface area (Å²) in [5.74, 6) is -0.803. The molecule has 2 fully saturated rings. The molecule has 1 aliphatic heterocycles. The van der Waals surface area contributed by atoms with Crippen LogP contribution < -0.4 is 4.90 Å². The molecule has 1 aliphatic carbocycles. The molecule has 3 nitrogen and oxygen atoms in total. The van der Waals surface area contributed by atoms with E-state index in [1.807, 2.05) is 12.1 Å². The zero-order chi connectivity index (χ0) is 21.3. The summed E-state index contributed by atoms with van der Waals surface area (Å²) in [6.07, 6.45) is -0.186. The number of benzene rings is 2. The van der Waals surface area contributed by atoms with Crippen molar-refractivity contribution in [2.24, 2.45) is 5.92 Å². The zero-order valence-electron chi connectivity index (χ0n) is 17.2. The lowest BCUT2D eigenvalue weighted by Gasteiger charge is -2.29. The molecule has 4 rings (SSSR count). The van der Waals surface area contributed by atoms with Crippen LogP contribution in [0.15, 0.2) is 48.5 Å². The van der Waals surface area contributed by atoms with Crippen LogP contribution in [0.25, 0.3) is 0 Å². The lowest BCUT2D eigenvalue weighted by atomic mass is 10.0. The Hall–Kier alpha value is -2.50. The summed E-state index contributed by atoms with van der Waals surface area (Å²) in [6.45, 7) is 2.63. The fourth-order valence-electron chi connectivity index (χ4n) is 4.49. The maximum atomic E-state index is 13.3. The van der Waals surface area contributed by atoms with Crippen LogP contribution in [0.5, 0.6) is 0 Å². The van der Waals surface area contributed by atoms with Gasteiger partial charge in [-0.15, -0.1) is 0 Å². The lowest BCUT2D eigenvalue weighted by molar-refractivity contribution is -0.138. The van der Waals surface area contributed by atoms with Gasteiger partial charge in [0.15, 0.2) is 0 Å². The minimum absolute atomic E-state index is 0.0860. The number of carbonyl (C=O) groups is 1. The summed E-state index contributed by atoms with van der Waals surface area (Å²) >= 11 is 0. The first-order valence-corrected chi connectivity index (χ1v) is 10.6. The molecule has 0 radical (unpaired) electrons. The van der Waals surface area contributed by atoms with Crippen molar-refractivity contribution < 1.29 is 18.0 Å². The highest BCUT2D eigenvalue weighted by Crippen LogP contribution is 2.51. The van der Waals surface area contributed by atoms with Crippen LogP contribution in [0, 0.1) is 5.92 Å². The van der Waals surface area contributed by atoms with Crippen molar-refractivity contribution in [1.29, 1.82) is 0 Å². The Balaban J connectivity index is 1.37. The first kappa shape index (κ1) is 20.8. The number of piperidine rings is 1. The van der Waals surface area contributed by atoms with E-state index in [0.717, 1.165) is 24.7 Å². The lowest BCUT2D eigenvalue weighted by Crippen LogP contribution is -2.29.